The molecule has 0 aliphatic heterocycles. The summed E-state index contributed by atoms with van der Waals surface area (Å²) in [5.74, 6) is 0.372. The Balaban J connectivity index is 2.22. The quantitative estimate of drug-likeness (QED) is 0.818. The lowest BCUT2D eigenvalue weighted by molar-refractivity contribution is 0.134. The van der Waals surface area contributed by atoms with Gasteiger partial charge >= 0.3 is 0 Å². The van der Waals surface area contributed by atoms with Gasteiger partial charge in [-0.2, -0.15) is 0 Å². The third-order valence-electron chi connectivity index (χ3n) is 5.11. The van der Waals surface area contributed by atoms with E-state index in [0.717, 1.165) is 4.88 Å². The van der Waals surface area contributed by atoms with Crippen molar-refractivity contribution in [2.45, 2.75) is 60.0 Å². The van der Waals surface area contributed by atoms with Crippen molar-refractivity contribution in [3.05, 3.63) is 21.9 Å². The molecule has 0 saturated heterocycles. The molecule has 1 aliphatic rings. The number of hydrogen-bond acceptors (Lipinski definition) is 2. The summed E-state index contributed by atoms with van der Waals surface area (Å²) >= 11 is 1.77. The van der Waals surface area contributed by atoms with Gasteiger partial charge in [0.25, 0.3) is 0 Å². The van der Waals surface area contributed by atoms with Crippen LogP contribution in [0.15, 0.2) is 12.1 Å². The van der Waals surface area contributed by atoms with E-state index in [4.69, 9.17) is 0 Å². The van der Waals surface area contributed by atoms with Crippen LogP contribution >= 0.6 is 11.3 Å². The molecule has 1 aromatic rings. The van der Waals surface area contributed by atoms with Crippen LogP contribution in [-0.2, 0) is 5.41 Å². The predicted octanol–water partition coefficient (Wildman–Crippen LogP) is 4.76. The topological polar surface area (TPSA) is 20.2 Å². The molecule has 1 atom stereocenters. The lowest BCUT2D eigenvalue weighted by Gasteiger charge is -2.16. The maximum absolute atomic E-state index is 10.6. The molecule has 2 heteroatoms. The molecule has 0 amide bonds. The molecular formula is C16H26OS. The van der Waals surface area contributed by atoms with Crippen molar-refractivity contribution in [1.29, 1.82) is 0 Å². The average molecular weight is 266 g/mol. The van der Waals surface area contributed by atoms with E-state index >= 15 is 0 Å². The highest BCUT2D eigenvalue weighted by molar-refractivity contribution is 7.12. The molecule has 0 spiro atoms. The van der Waals surface area contributed by atoms with Crippen LogP contribution in [0, 0.1) is 16.7 Å². The van der Waals surface area contributed by atoms with E-state index in [1.54, 1.807) is 11.3 Å². The van der Waals surface area contributed by atoms with Crippen molar-refractivity contribution in [1.82, 2.24) is 0 Å². The minimum Gasteiger partial charge on any atom is -0.387 e. The first-order valence-corrected chi connectivity index (χ1v) is 7.59. The van der Waals surface area contributed by atoms with Gasteiger partial charge in [-0.3, -0.25) is 0 Å². The number of hydrogen-bond donors (Lipinski definition) is 1. The van der Waals surface area contributed by atoms with E-state index in [1.807, 2.05) is 0 Å². The summed E-state index contributed by atoms with van der Waals surface area (Å²) < 4.78 is 0. The minimum absolute atomic E-state index is 0.178. The summed E-state index contributed by atoms with van der Waals surface area (Å²) in [5, 5.41) is 10.6. The van der Waals surface area contributed by atoms with Crippen LogP contribution in [0.3, 0.4) is 0 Å². The number of thiophene rings is 1. The summed E-state index contributed by atoms with van der Waals surface area (Å²) in [5.41, 5.74) is 0.647. The van der Waals surface area contributed by atoms with Crippen molar-refractivity contribution >= 4 is 11.3 Å². The third kappa shape index (κ3) is 1.94. The summed E-state index contributed by atoms with van der Waals surface area (Å²) in [4.78, 5) is 2.48. The fraction of sp³-hybridized carbons (Fsp3) is 0.750. The Morgan fingerprint density at radius 1 is 1.11 bits per heavy atom. The second-order valence-corrected chi connectivity index (χ2v) is 8.93. The van der Waals surface area contributed by atoms with E-state index < -0.39 is 0 Å². The largest absolute Gasteiger partial charge is 0.387 e. The Labute approximate surface area is 115 Å². The zero-order valence-electron chi connectivity index (χ0n) is 12.7. The summed E-state index contributed by atoms with van der Waals surface area (Å²) in [7, 11) is 0. The van der Waals surface area contributed by atoms with E-state index in [9.17, 15) is 5.11 Å². The molecule has 1 fully saturated rings. The average Bonchev–Trinajstić information content (AvgIpc) is 2.57. The van der Waals surface area contributed by atoms with Gasteiger partial charge in [0.05, 0.1) is 6.10 Å². The van der Waals surface area contributed by atoms with Gasteiger partial charge in [-0.15, -0.1) is 11.3 Å². The highest BCUT2D eigenvalue weighted by Crippen LogP contribution is 2.72. The lowest BCUT2D eigenvalue weighted by Crippen LogP contribution is -2.08. The monoisotopic (exact) mass is 266 g/mol. The lowest BCUT2D eigenvalue weighted by atomic mass is 9.95. The van der Waals surface area contributed by atoms with Crippen LogP contribution in [0.4, 0.5) is 0 Å². The first-order chi connectivity index (χ1) is 7.99. The SMILES string of the molecule is CC(C)(C)c1ccc(C(O)C2C(C)(C)C2(C)C)s1. The smallest absolute Gasteiger partial charge is 0.0920 e. The van der Waals surface area contributed by atoms with Crippen LogP contribution in [0.1, 0.15) is 64.3 Å². The van der Waals surface area contributed by atoms with Crippen LogP contribution in [0.5, 0.6) is 0 Å². The first kappa shape index (κ1) is 14.1. The number of aliphatic hydroxyl groups is 1. The van der Waals surface area contributed by atoms with E-state index in [1.165, 1.54) is 4.88 Å². The van der Waals surface area contributed by atoms with Crippen LogP contribution in [-0.4, -0.2) is 5.11 Å². The Bertz CT molecular complexity index is 434. The number of aliphatic hydroxyl groups excluding tert-OH is 1. The molecule has 2 rings (SSSR count). The molecule has 1 N–H and O–H groups in total. The fourth-order valence-corrected chi connectivity index (χ4v) is 4.21. The zero-order valence-corrected chi connectivity index (χ0v) is 13.5. The molecule has 1 saturated carbocycles. The van der Waals surface area contributed by atoms with E-state index in [2.05, 4.69) is 60.6 Å². The van der Waals surface area contributed by atoms with Gasteiger partial charge in [0.1, 0.15) is 0 Å². The van der Waals surface area contributed by atoms with Crippen molar-refractivity contribution in [2.75, 3.05) is 0 Å². The van der Waals surface area contributed by atoms with Gasteiger partial charge < -0.3 is 5.11 Å². The van der Waals surface area contributed by atoms with Crippen LogP contribution in [0.25, 0.3) is 0 Å². The zero-order chi connectivity index (χ0) is 13.9. The Kier molecular flexibility index (Phi) is 3.00. The van der Waals surface area contributed by atoms with Crippen molar-refractivity contribution in [3.8, 4) is 0 Å². The van der Waals surface area contributed by atoms with Crippen LogP contribution in [0.2, 0.25) is 0 Å². The standard InChI is InChI=1S/C16H26OS/c1-14(2,3)11-9-8-10(18-11)12(17)13-15(4,5)16(13,6)7/h8-9,12-13,17H,1-7H3. The van der Waals surface area contributed by atoms with Gasteiger partial charge in [-0.25, -0.2) is 0 Å². The minimum atomic E-state index is -0.309. The molecule has 18 heavy (non-hydrogen) atoms. The highest BCUT2D eigenvalue weighted by Gasteiger charge is 2.67. The van der Waals surface area contributed by atoms with E-state index in [-0.39, 0.29) is 22.3 Å². The van der Waals surface area contributed by atoms with Gasteiger partial charge in [0.2, 0.25) is 0 Å². The number of rotatable bonds is 2. The maximum atomic E-state index is 10.6. The molecule has 1 aliphatic carbocycles. The maximum Gasteiger partial charge on any atom is 0.0920 e. The Hall–Kier alpha value is -0.340. The molecule has 1 unspecified atom stereocenters. The van der Waals surface area contributed by atoms with Gasteiger partial charge in [-0.1, -0.05) is 48.5 Å². The Morgan fingerprint density at radius 3 is 1.94 bits per heavy atom. The van der Waals surface area contributed by atoms with Crippen molar-refractivity contribution < 1.29 is 5.11 Å². The summed E-state index contributed by atoms with van der Waals surface area (Å²) in [6.45, 7) is 15.7. The molecule has 102 valence electrons. The molecule has 1 aromatic heterocycles. The second kappa shape index (κ2) is 3.83. The van der Waals surface area contributed by atoms with Crippen LogP contribution < -0.4 is 0 Å². The summed E-state index contributed by atoms with van der Waals surface area (Å²) in [6, 6.07) is 4.28. The molecule has 1 heterocycles. The Morgan fingerprint density at radius 2 is 1.61 bits per heavy atom. The van der Waals surface area contributed by atoms with Gasteiger partial charge in [0.15, 0.2) is 0 Å². The van der Waals surface area contributed by atoms with Gasteiger partial charge in [-0.05, 0) is 28.4 Å². The molecule has 1 nitrogen and oxygen atoms in total. The highest BCUT2D eigenvalue weighted by atomic mass is 32.1. The van der Waals surface area contributed by atoms with E-state index in [0.29, 0.717) is 5.92 Å². The van der Waals surface area contributed by atoms with Crippen molar-refractivity contribution in [2.24, 2.45) is 16.7 Å². The molecule has 0 aromatic carbocycles. The normalized spacial score (nSPS) is 24.0. The molecule has 0 radical (unpaired) electrons. The first-order valence-electron chi connectivity index (χ1n) is 6.78. The predicted molar refractivity (Wildman–Crippen MR) is 79.0 cm³/mol. The fourth-order valence-electron chi connectivity index (χ4n) is 3.12. The third-order valence-corrected chi connectivity index (χ3v) is 6.69. The van der Waals surface area contributed by atoms with Crippen molar-refractivity contribution in [3.63, 3.8) is 0 Å². The molecular weight excluding hydrogens is 240 g/mol. The summed E-state index contributed by atoms with van der Waals surface area (Å²) in [6.07, 6.45) is -0.309. The second-order valence-electron chi connectivity index (χ2n) is 7.82. The van der Waals surface area contributed by atoms with Gasteiger partial charge in [0, 0.05) is 15.7 Å². The molecule has 0 bridgehead atoms.